The van der Waals surface area contributed by atoms with Crippen LogP contribution in [-0.2, 0) is 6.42 Å². The number of aromatic nitrogens is 2. The normalized spacial score (nSPS) is 10.9. The molecule has 6 heteroatoms. The van der Waals surface area contributed by atoms with Crippen LogP contribution in [0.2, 0.25) is 0 Å². The number of hydrogen-bond acceptors (Lipinski definition) is 5. The van der Waals surface area contributed by atoms with Crippen LogP contribution in [0.5, 0.6) is 0 Å². The maximum atomic E-state index is 4.24. The first-order valence-corrected chi connectivity index (χ1v) is 8.01. The maximum Gasteiger partial charge on any atom is 0.157 e. The van der Waals surface area contributed by atoms with E-state index in [1.807, 2.05) is 6.07 Å². The number of nitrogens with zero attached hydrogens (tertiary/aromatic N) is 2. The number of thiophene rings is 1. The molecule has 0 bridgehead atoms. The quantitative estimate of drug-likeness (QED) is 0.822. The third-order valence-electron chi connectivity index (χ3n) is 2.25. The van der Waals surface area contributed by atoms with Gasteiger partial charge in [0, 0.05) is 6.42 Å². The average molecular weight is 332 g/mol. The van der Waals surface area contributed by atoms with Crippen molar-refractivity contribution in [1.82, 2.24) is 15.5 Å². The highest BCUT2D eigenvalue weighted by Crippen LogP contribution is 2.33. The van der Waals surface area contributed by atoms with Crippen LogP contribution >= 0.6 is 38.6 Å². The second kappa shape index (κ2) is 6.58. The molecular formula is C11H14BrN3S2. The lowest BCUT2D eigenvalue weighted by atomic mass is 10.3. The molecule has 2 aromatic heterocycles. The Balaban J connectivity index is 1.92. The molecule has 0 radical (unpaired) electrons. The van der Waals surface area contributed by atoms with Crippen molar-refractivity contribution in [3.8, 4) is 9.88 Å². The van der Waals surface area contributed by atoms with Gasteiger partial charge in [-0.15, -0.1) is 21.5 Å². The van der Waals surface area contributed by atoms with Crippen LogP contribution in [0.25, 0.3) is 9.88 Å². The molecule has 3 nitrogen and oxygen atoms in total. The Kier molecular flexibility index (Phi) is 5.09. The minimum absolute atomic E-state index is 1.01. The molecule has 2 heterocycles. The lowest BCUT2D eigenvalue weighted by Crippen LogP contribution is -2.14. The van der Waals surface area contributed by atoms with E-state index >= 15 is 0 Å². The number of nitrogens with one attached hydrogen (secondary N) is 1. The van der Waals surface area contributed by atoms with Gasteiger partial charge < -0.3 is 5.32 Å². The molecule has 2 aromatic rings. The van der Waals surface area contributed by atoms with Gasteiger partial charge in [0.05, 0.1) is 8.66 Å². The highest BCUT2D eigenvalue weighted by atomic mass is 79.9. The van der Waals surface area contributed by atoms with Crippen molar-refractivity contribution in [2.75, 3.05) is 13.1 Å². The fourth-order valence-corrected chi connectivity index (χ4v) is 3.74. The van der Waals surface area contributed by atoms with Gasteiger partial charge in [-0.05, 0) is 47.6 Å². The first-order valence-electron chi connectivity index (χ1n) is 5.58. The fraction of sp³-hybridized carbons (Fsp3) is 0.455. The van der Waals surface area contributed by atoms with Crippen LogP contribution in [0.1, 0.15) is 18.4 Å². The highest BCUT2D eigenvalue weighted by Gasteiger charge is 2.08. The van der Waals surface area contributed by atoms with Crippen LogP contribution in [-0.4, -0.2) is 23.3 Å². The van der Waals surface area contributed by atoms with Gasteiger partial charge in [0.25, 0.3) is 0 Å². The minimum Gasteiger partial charge on any atom is -0.317 e. The zero-order chi connectivity index (χ0) is 12.1. The van der Waals surface area contributed by atoms with Gasteiger partial charge in [-0.2, -0.15) is 0 Å². The highest BCUT2D eigenvalue weighted by molar-refractivity contribution is 9.11. The summed E-state index contributed by atoms with van der Waals surface area (Å²) in [6.45, 7) is 4.21. The Morgan fingerprint density at radius 1 is 1.29 bits per heavy atom. The zero-order valence-electron chi connectivity index (χ0n) is 9.57. The molecule has 0 saturated carbocycles. The lowest BCUT2D eigenvalue weighted by molar-refractivity contribution is 0.669. The zero-order valence-corrected chi connectivity index (χ0v) is 12.8. The van der Waals surface area contributed by atoms with E-state index in [-0.39, 0.29) is 0 Å². The van der Waals surface area contributed by atoms with Gasteiger partial charge in [0.2, 0.25) is 0 Å². The van der Waals surface area contributed by atoms with Crippen molar-refractivity contribution in [3.05, 3.63) is 20.9 Å². The Hall–Kier alpha value is -0.300. The molecule has 0 aliphatic carbocycles. The van der Waals surface area contributed by atoms with Gasteiger partial charge >= 0.3 is 0 Å². The molecule has 0 unspecified atom stereocenters. The number of halogens is 1. The van der Waals surface area contributed by atoms with Crippen LogP contribution in [0.15, 0.2) is 15.9 Å². The predicted octanol–water partition coefficient (Wildman–Crippen LogP) is 3.57. The van der Waals surface area contributed by atoms with Gasteiger partial charge in [-0.1, -0.05) is 18.3 Å². The SMILES string of the molecule is CCNCCCc1nnc(-c2ccc(Br)s2)s1. The molecule has 0 atom stereocenters. The molecule has 17 heavy (non-hydrogen) atoms. The van der Waals surface area contributed by atoms with Gasteiger partial charge in [0.15, 0.2) is 5.01 Å². The summed E-state index contributed by atoms with van der Waals surface area (Å²) in [6, 6.07) is 4.13. The maximum absolute atomic E-state index is 4.24. The van der Waals surface area contributed by atoms with E-state index in [4.69, 9.17) is 0 Å². The smallest absolute Gasteiger partial charge is 0.157 e. The Morgan fingerprint density at radius 3 is 2.88 bits per heavy atom. The summed E-state index contributed by atoms with van der Waals surface area (Å²) in [6.07, 6.45) is 2.13. The predicted molar refractivity (Wildman–Crippen MR) is 77.8 cm³/mol. The molecule has 0 aliphatic rings. The van der Waals surface area contributed by atoms with Crippen LogP contribution in [0.3, 0.4) is 0 Å². The van der Waals surface area contributed by atoms with E-state index in [2.05, 4.69) is 44.4 Å². The Labute approximate surface area is 117 Å². The molecule has 0 aromatic carbocycles. The van der Waals surface area contributed by atoms with Crippen LogP contribution in [0.4, 0.5) is 0 Å². The van der Waals surface area contributed by atoms with E-state index in [0.717, 1.165) is 39.7 Å². The van der Waals surface area contributed by atoms with Crippen molar-refractivity contribution in [2.24, 2.45) is 0 Å². The number of aryl methyl sites for hydroxylation is 1. The Morgan fingerprint density at radius 2 is 2.18 bits per heavy atom. The average Bonchev–Trinajstić information content (AvgIpc) is 2.93. The second-order valence-electron chi connectivity index (χ2n) is 3.56. The summed E-state index contributed by atoms with van der Waals surface area (Å²) in [5.74, 6) is 0. The van der Waals surface area contributed by atoms with Crippen LogP contribution < -0.4 is 5.32 Å². The first kappa shape index (κ1) is 13.1. The van der Waals surface area contributed by atoms with E-state index in [0.29, 0.717) is 0 Å². The van der Waals surface area contributed by atoms with Crippen molar-refractivity contribution < 1.29 is 0 Å². The molecule has 0 spiro atoms. The van der Waals surface area contributed by atoms with Gasteiger partial charge in [-0.25, -0.2) is 0 Å². The molecule has 92 valence electrons. The minimum atomic E-state index is 1.01. The summed E-state index contributed by atoms with van der Waals surface area (Å²) in [7, 11) is 0. The summed E-state index contributed by atoms with van der Waals surface area (Å²) in [4.78, 5) is 1.19. The fourth-order valence-electron chi connectivity index (χ4n) is 1.42. The van der Waals surface area contributed by atoms with Crippen molar-refractivity contribution in [2.45, 2.75) is 19.8 Å². The summed E-state index contributed by atoms with van der Waals surface area (Å²) < 4.78 is 1.14. The summed E-state index contributed by atoms with van der Waals surface area (Å²) >= 11 is 6.86. The molecule has 1 N–H and O–H groups in total. The lowest BCUT2D eigenvalue weighted by Gasteiger charge is -1.97. The first-order chi connectivity index (χ1) is 8.29. The number of hydrogen-bond donors (Lipinski definition) is 1. The molecule has 0 saturated heterocycles. The topological polar surface area (TPSA) is 37.8 Å². The third kappa shape index (κ3) is 3.84. The summed E-state index contributed by atoms with van der Waals surface area (Å²) in [5.41, 5.74) is 0. The van der Waals surface area contributed by atoms with Crippen molar-refractivity contribution in [3.63, 3.8) is 0 Å². The molecule has 2 rings (SSSR count). The second-order valence-corrected chi connectivity index (χ2v) is 7.09. The monoisotopic (exact) mass is 331 g/mol. The third-order valence-corrected chi connectivity index (χ3v) is 5.02. The molecule has 0 amide bonds. The van der Waals surface area contributed by atoms with Gasteiger partial charge in [0.1, 0.15) is 5.01 Å². The van der Waals surface area contributed by atoms with E-state index in [9.17, 15) is 0 Å². The van der Waals surface area contributed by atoms with E-state index in [1.54, 1.807) is 22.7 Å². The van der Waals surface area contributed by atoms with Crippen molar-refractivity contribution in [1.29, 1.82) is 0 Å². The Bertz CT molecular complexity index is 467. The van der Waals surface area contributed by atoms with Gasteiger partial charge in [-0.3, -0.25) is 0 Å². The standard InChI is InChI=1S/C11H14BrN3S2/c1-2-13-7-3-4-10-14-15-11(17-10)8-5-6-9(12)16-8/h5-6,13H,2-4,7H2,1H3. The van der Waals surface area contributed by atoms with Crippen LogP contribution in [0, 0.1) is 0 Å². The largest absolute Gasteiger partial charge is 0.317 e. The van der Waals surface area contributed by atoms with Crippen molar-refractivity contribution >= 4 is 38.6 Å². The van der Waals surface area contributed by atoms with E-state index < -0.39 is 0 Å². The summed E-state index contributed by atoms with van der Waals surface area (Å²) in [5, 5.41) is 13.9. The van der Waals surface area contributed by atoms with E-state index in [1.165, 1.54) is 4.88 Å². The molecular weight excluding hydrogens is 318 g/mol. The molecule has 0 aliphatic heterocycles. The number of rotatable bonds is 6. The molecule has 0 fully saturated rings.